The lowest BCUT2D eigenvalue weighted by molar-refractivity contribution is 0.618. The van der Waals surface area contributed by atoms with Gasteiger partial charge in [-0.25, -0.2) is 18.7 Å². The highest BCUT2D eigenvalue weighted by atomic mass is 35.5. The van der Waals surface area contributed by atoms with Crippen LogP contribution in [0.15, 0.2) is 54.7 Å². The van der Waals surface area contributed by atoms with Gasteiger partial charge >= 0.3 is 0 Å². The van der Waals surface area contributed by atoms with Crippen molar-refractivity contribution in [3.63, 3.8) is 0 Å². The molecule has 0 bridgehead atoms. The minimum atomic E-state index is -0.546. The molecule has 0 unspecified atom stereocenters. The molecule has 3 rings (SSSR count). The van der Waals surface area contributed by atoms with Crippen molar-refractivity contribution in [1.29, 1.82) is 0 Å². The van der Waals surface area contributed by atoms with Crippen molar-refractivity contribution in [2.45, 2.75) is 0 Å². The maximum atomic E-state index is 13.8. The van der Waals surface area contributed by atoms with E-state index in [1.807, 2.05) is 6.07 Å². The predicted octanol–water partition coefficient (Wildman–Crippen LogP) is 4.74. The van der Waals surface area contributed by atoms with E-state index in [2.05, 4.69) is 9.97 Å². The van der Waals surface area contributed by atoms with E-state index in [1.54, 1.807) is 30.3 Å². The summed E-state index contributed by atoms with van der Waals surface area (Å²) in [6.45, 7) is 0. The Labute approximate surface area is 125 Å². The molecule has 1 aromatic heterocycles. The second kappa shape index (κ2) is 5.58. The summed E-state index contributed by atoms with van der Waals surface area (Å²) in [5, 5.41) is -0.0152. The molecule has 2 nitrogen and oxygen atoms in total. The van der Waals surface area contributed by atoms with Crippen LogP contribution in [0.5, 0.6) is 0 Å². The number of hydrogen-bond acceptors (Lipinski definition) is 2. The van der Waals surface area contributed by atoms with E-state index in [9.17, 15) is 8.78 Å². The fraction of sp³-hybridized carbons (Fsp3) is 0. The Morgan fingerprint density at radius 2 is 1.57 bits per heavy atom. The predicted molar refractivity (Wildman–Crippen MR) is 77.8 cm³/mol. The van der Waals surface area contributed by atoms with Crippen LogP contribution < -0.4 is 0 Å². The third-order valence-electron chi connectivity index (χ3n) is 3.03. The highest BCUT2D eigenvalue weighted by molar-refractivity contribution is 6.28. The molecule has 0 N–H and O–H groups in total. The van der Waals surface area contributed by atoms with Gasteiger partial charge < -0.3 is 0 Å². The van der Waals surface area contributed by atoms with Crippen molar-refractivity contribution in [2.75, 3.05) is 0 Å². The van der Waals surface area contributed by atoms with Crippen LogP contribution in [0.1, 0.15) is 0 Å². The maximum absolute atomic E-state index is 13.8. The topological polar surface area (TPSA) is 25.8 Å². The summed E-state index contributed by atoms with van der Waals surface area (Å²) in [4.78, 5) is 7.50. The first-order valence-corrected chi connectivity index (χ1v) is 6.56. The van der Waals surface area contributed by atoms with Gasteiger partial charge in [0.2, 0.25) is 5.28 Å². The lowest BCUT2D eigenvalue weighted by Crippen LogP contribution is -1.93. The van der Waals surface area contributed by atoms with Gasteiger partial charge in [0, 0.05) is 5.56 Å². The zero-order chi connectivity index (χ0) is 14.8. The van der Waals surface area contributed by atoms with Gasteiger partial charge in [0.25, 0.3) is 0 Å². The average Bonchev–Trinajstić information content (AvgIpc) is 2.50. The molecule has 0 saturated carbocycles. The second-order valence-corrected chi connectivity index (χ2v) is 4.76. The van der Waals surface area contributed by atoms with Crippen molar-refractivity contribution in [1.82, 2.24) is 9.97 Å². The van der Waals surface area contributed by atoms with Gasteiger partial charge in [-0.1, -0.05) is 30.3 Å². The fourth-order valence-electron chi connectivity index (χ4n) is 2.04. The van der Waals surface area contributed by atoms with Crippen LogP contribution in [-0.2, 0) is 0 Å². The average molecular weight is 303 g/mol. The van der Waals surface area contributed by atoms with E-state index in [4.69, 9.17) is 11.6 Å². The zero-order valence-corrected chi connectivity index (χ0v) is 11.5. The Bertz CT molecular complexity index is 789. The van der Waals surface area contributed by atoms with Crippen LogP contribution >= 0.6 is 11.6 Å². The maximum Gasteiger partial charge on any atom is 0.223 e. The van der Waals surface area contributed by atoms with Gasteiger partial charge in [0.05, 0.1) is 6.20 Å². The van der Waals surface area contributed by atoms with Gasteiger partial charge in [-0.05, 0) is 40.9 Å². The molecule has 0 aliphatic heterocycles. The van der Waals surface area contributed by atoms with Gasteiger partial charge in [0.1, 0.15) is 11.5 Å². The largest absolute Gasteiger partial charge is 0.223 e. The van der Waals surface area contributed by atoms with E-state index in [0.717, 1.165) is 17.3 Å². The van der Waals surface area contributed by atoms with Crippen LogP contribution in [0.4, 0.5) is 8.78 Å². The highest BCUT2D eigenvalue weighted by Gasteiger charge is 2.09. The lowest BCUT2D eigenvalue weighted by Gasteiger charge is -2.06. The molecule has 0 amide bonds. The van der Waals surface area contributed by atoms with Crippen LogP contribution in [0.25, 0.3) is 22.4 Å². The second-order valence-electron chi connectivity index (χ2n) is 4.42. The summed E-state index contributed by atoms with van der Waals surface area (Å²) in [5.74, 6) is -0.848. The van der Waals surface area contributed by atoms with Crippen molar-refractivity contribution in [3.8, 4) is 22.4 Å². The SMILES string of the molecule is Fc1ccc(-c2cccc(-c3nc(Cl)ncc3F)c2)cc1. The Balaban J connectivity index is 2.08. The minimum absolute atomic E-state index is 0.0152. The molecule has 0 saturated heterocycles. The molecule has 0 aliphatic rings. The lowest BCUT2D eigenvalue weighted by atomic mass is 10.0. The van der Waals surface area contributed by atoms with Crippen LogP contribution in [0, 0.1) is 11.6 Å². The molecule has 1 heterocycles. The molecule has 2 aromatic carbocycles. The van der Waals surface area contributed by atoms with Crippen LogP contribution in [0.2, 0.25) is 5.28 Å². The number of hydrogen-bond donors (Lipinski definition) is 0. The standard InChI is InChI=1S/C16H9ClF2N2/c17-16-20-9-14(19)15(21-16)12-3-1-2-11(8-12)10-4-6-13(18)7-5-10/h1-9H. The molecule has 0 aliphatic carbocycles. The Morgan fingerprint density at radius 3 is 2.33 bits per heavy atom. The van der Waals surface area contributed by atoms with Crippen molar-refractivity contribution in [3.05, 3.63) is 71.6 Å². The molecular weight excluding hydrogens is 294 g/mol. The summed E-state index contributed by atoms with van der Waals surface area (Å²) >= 11 is 5.71. The molecular formula is C16H9ClF2N2. The van der Waals surface area contributed by atoms with Gasteiger partial charge in [0.15, 0.2) is 5.82 Å². The van der Waals surface area contributed by atoms with E-state index in [0.29, 0.717) is 5.56 Å². The first-order chi connectivity index (χ1) is 10.1. The minimum Gasteiger partial charge on any atom is -0.223 e. The normalized spacial score (nSPS) is 10.6. The number of halogens is 3. The summed E-state index contributed by atoms with van der Waals surface area (Å²) < 4.78 is 26.8. The van der Waals surface area contributed by atoms with Gasteiger partial charge in [-0.15, -0.1) is 0 Å². The quantitative estimate of drug-likeness (QED) is 0.639. The molecule has 0 radical (unpaired) electrons. The Morgan fingerprint density at radius 1 is 0.857 bits per heavy atom. The van der Waals surface area contributed by atoms with Gasteiger partial charge in [-0.3, -0.25) is 0 Å². The molecule has 0 fully saturated rings. The van der Waals surface area contributed by atoms with Crippen LogP contribution in [-0.4, -0.2) is 9.97 Å². The summed E-state index contributed by atoms with van der Waals surface area (Å²) in [5.41, 5.74) is 2.39. The van der Waals surface area contributed by atoms with Crippen LogP contribution in [0.3, 0.4) is 0 Å². The molecule has 5 heteroatoms. The van der Waals surface area contributed by atoms with E-state index in [1.165, 1.54) is 12.1 Å². The number of benzene rings is 2. The molecule has 3 aromatic rings. The van der Waals surface area contributed by atoms with E-state index < -0.39 is 5.82 Å². The molecule has 21 heavy (non-hydrogen) atoms. The van der Waals surface area contributed by atoms with Crippen molar-refractivity contribution >= 4 is 11.6 Å². The highest BCUT2D eigenvalue weighted by Crippen LogP contribution is 2.27. The van der Waals surface area contributed by atoms with Crippen molar-refractivity contribution < 1.29 is 8.78 Å². The third kappa shape index (κ3) is 2.90. The molecule has 104 valence electrons. The fourth-order valence-corrected chi connectivity index (χ4v) is 2.17. The number of nitrogens with zero attached hydrogens (tertiary/aromatic N) is 2. The molecule has 0 atom stereocenters. The number of rotatable bonds is 2. The van der Waals surface area contributed by atoms with E-state index in [-0.39, 0.29) is 16.8 Å². The molecule has 0 spiro atoms. The Kier molecular flexibility index (Phi) is 3.62. The number of aromatic nitrogens is 2. The first-order valence-electron chi connectivity index (χ1n) is 6.18. The summed E-state index contributed by atoms with van der Waals surface area (Å²) in [6, 6.07) is 13.2. The monoisotopic (exact) mass is 302 g/mol. The first kappa shape index (κ1) is 13.6. The Hall–Kier alpha value is -2.33. The summed E-state index contributed by atoms with van der Waals surface area (Å²) in [7, 11) is 0. The van der Waals surface area contributed by atoms with Crippen molar-refractivity contribution in [2.24, 2.45) is 0 Å². The van der Waals surface area contributed by atoms with Gasteiger partial charge in [-0.2, -0.15) is 0 Å². The van der Waals surface area contributed by atoms with E-state index >= 15 is 0 Å². The summed E-state index contributed by atoms with van der Waals surface area (Å²) in [6.07, 6.45) is 1.04. The third-order valence-corrected chi connectivity index (χ3v) is 3.21. The zero-order valence-electron chi connectivity index (χ0n) is 10.7. The smallest absolute Gasteiger partial charge is 0.223 e.